The van der Waals surface area contributed by atoms with Crippen molar-refractivity contribution >= 4 is 0 Å². The molecule has 1 heterocycles. The standard InChI is InChI=1S/C11H20N4O/c1-15(2)7-9-13-10(16-14-9)6-11(8-12)4-3-5-11/h3-8,12H2,1-2H3. The number of nitrogens with zero attached hydrogens (tertiary/aromatic N) is 3. The zero-order valence-corrected chi connectivity index (χ0v) is 10.1. The molecule has 2 rings (SSSR count). The first kappa shape index (κ1) is 11.5. The van der Waals surface area contributed by atoms with Gasteiger partial charge in [0.15, 0.2) is 5.82 Å². The molecule has 0 aromatic carbocycles. The Labute approximate surface area is 96.0 Å². The van der Waals surface area contributed by atoms with Gasteiger partial charge in [0, 0.05) is 6.42 Å². The van der Waals surface area contributed by atoms with Crippen LogP contribution in [0.4, 0.5) is 0 Å². The van der Waals surface area contributed by atoms with Crippen molar-refractivity contribution in [3.05, 3.63) is 11.7 Å². The molecule has 90 valence electrons. The summed E-state index contributed by atoms with van der Waals surface area (Å²) in [6.07, 6.45) is 4.49. The molecule has 0 bridgehead atoms. The summed E-state index contributed by atoms with van der Waals surface area (Å²) in [5, 5.41) is 3.96. The van der Waals surface area contributed by atoms with E-state index in [0.717, 1.165) is 31.2 Å². The van der Waals surface area contributed by atoms with Crippen molar-refractivity contribution in [1.82, 2.24) is 15.0 Å². The molecule has 1 fully saturated rings. The van der Waals surface area contributed by atoms with Crippen LogP contribution in [0.2, 0.25) is 0 Å². The fourth-order valence-electron chi connectivity index (χ4n) is 2.16. The predicted molar refractivity (Wildman–Crippen MR) is 60.7 cm³/mol. The van der Waals surface area contributed by atoms with Gasteiger partial charge in [-0.25, -0.2) is 0 Å². The maximum Gasteiger partial charge on any atom is 0.227 e. The molecule has 0 saturated heterocycles. The Balaban J connectivity index is 1.97. The van der Waals surface area contributed by atoms with Crippen LogP contribution in [0.5, 0.6) is 0 Å². The molecule has 0 amide bonds. The second kappa shape index (κ2) is 4.51. The maximum atomic E-state index is 5.81. The first-order chi connectivity index (χ1) is 7.63. The lowest BCUT2D eigenvalue weighted by atomic mass is 9.67. The average molecular weight is 224 g/mol. The van der Waals surface area contributed by atoms with E-state index in [0.29, 0.717) is 0 Å². The SMILES string of the molecule is CN(C)Cc1noc(CC2(CN)CCC2)n1. The van der Waals surface area contributed by atoms with E-state index in [1.54, 1.807) is 0 Å². The van der Waals surface area contributed by atoms with Crippen LogP contribution in [0.3, 0.4) is 0 Å². The van der Waals surface area contributed by atoms with Crippen molar-refractivity contribution in [2.24, 2.45) is 11.1 Å². The van der Waals surface area contributed by atoms with Crippen LogP contribution in [-0.2, 0) is 13.0 Å². The molecule has 1 aliphatic rings. The molecule has 0 unspecified atom stereocenters. The van der Waals surface area contributed by atoms with E-state index in [4.69, 9.17) is 10.3 Å². The Morgan fingerprint density at radius 3 is 2.69 bits per heavy atom. The molecule has 5 heteroatoms. The number of nitrogens with two attached hydrogens (primary N) is 1. The van der Waals surface area contributed by atoms with Crippen LogP contribution in [0, 0.1) is 5.41 Å². The second-order valence-corrected chi connectivity index (χ2v) is 5.08. The third-order valence-corrected chi connectivity index (χ3v) is 3.34. The molecule has 0 spiro atoms. The molecular weight excluding hydrogens is 204 g/mol. The van der Waals surface area contributed by atoms with E-state index in [2.05, 4.69) is 10.1 Å². The zero-order valence-electron chi connectivity index (χ0n) is 10.1. The molecule has 5 nitrogen and oxygen atoms in total. The molecule has 1 saturated carbocycles. The van der Waals surface area contributed by atoms with Gasteiger partial charge in [-0.15, -0.1) is 0 Å². The van der Waals surface area contributed by atoms with Gasteiger partial charge in [0.1, 0.15) is 0 Å². The highest BCUT2D eigenvalue weighted by atomic mass is 16.5. The van der Waals surface area contributed by atoms with Gasteiger partial charge in [-0.05, 0) is 38.9 Å². The third-order valence-electron chi connectivity index (χ3n) is 3.34. The minimum Gasteiger partial charge on any atom is -0.339 e. The van der Waals surface area contributed by atoms with E-state index >= 15 is 0 Å². The number of aromatic nitrogens is 2. The number of rotatable bonds is 5. The molecule has 1 aromatic heterocycles. The van der Waals surface area contributed by atoms with Gasteiger partial charge in [0.2, 0.25) is 5.89 Å². The predicted octanol–water partition coefficient (Wildman–Crippen LogP) is 0.803. The Kier molecular flexibility index (Phi) is 3.25. The lowest BCUT2D eigenvalue weighted by Gasteiger charge is -2.39. The van der Waals surface area contributed by atoms with E-state index in [1.165, 1.54) is 19.3 Å². The fourth-order valence-corrected chi connectivity index (χ4v) is 2.16. The van der Waals surface area contributed by atoms with Gasteiger partial charge in [-0.3, -0.25) is 0 Å². The normalized spacial score (nSPS) is 18.8. The van der Waals surface area contributed by atoms with Crippen molar-refractivity contribution in [2.75, 3.05) is 20.6 Å². The highest BCUT2D eigenvalue weighted by Crippen LogP contribution is 2.42. The molecule has 0 aliphatic heterocycles. The molecular formula is C11H20N4O. The van der Waals surface area contributed by atoms with Gasteiger partial charge in [-0.1, -0.05) is 11.6 Å². The average Bonchev–Trinajstić information content (AvgIpc) is 2.58. The minimum absolute atomic E-state index is 0.238. The van der Waals surface area contributed by atoms with Gasteiger partial charge in [0.25, 0.3) is 0 Å². The quantitative estimate of drug-likeness (QED) is 0.801. The van der Waals surface area contributed by atoms with E-state index in [9.17, 15) is 0 Å². The number of hydrogen-bond acceptors (Lipinski definition) is 5. The first-order valence-corrected chi connectivity index (χ1v) is 5.80. The van der Waals surface area contributed by atoms with Gasteiger partial charge >= 0.3 is 0 Å². The van der Waals surface area contributed by atoms with Gasteiger partial charge in [-0.2, -0.15) is 4.98 Å². The Morgan fingerprint density at radius 1 is 1.44 bits per heavy atom. The molecule has 1 aliphatic carbocycles. The molecule has 16 heavy (non-hydrogen) atoms. The van der Waals surface area contributed by atoms with Crippen molar-refractivity contribution < 1.29 is 4.52 Å². The highest BCUT2D eigenvalue weighted by molar-refractivity contribution is 4.97. The third kappa shape index (κ3) is 2.41. The molecule has 0 atom stereocenters. The van der Waals surface area contributed by atoms with Crippen molar-refractivity contribution in [3.63, 3.8) is 0 Å². The first-order valence-electron chi connectivity index (χ1n) is 5.80. The lowest BCUT2D eigenvalue weighted by Crippen LogP contribution is -2.39. The Bertz CT molecular complexity index is 338. The summed E-state index contributed by atoms with van der Waals surface area (Å²) in [5.74, 6) is 1.49. The molecule has 0 radical (unpaired) electrons. The summed E-state index contributed by atoms with van der Waals surface area (Å²) in [6, 6.07) is 0. The topological polar surface area (TPSA) is 68.2 Å². The van der Waals surface area contributed by atoms with Crippen molar-refractivity contribution in [2.45, 2.75) is 32.2 Å². The van der Waals surface area contributed by atoms with Crippen LogP contribution < -0.4 is 5.73 Å². The van der Waals surface area contributed by atoms with Crippen LogP contribution in [0.25, 0.3) is 0 Å². The summed E-state index contributed by atoms with van der Waals surface area (Å²) in [6.45, 7) is 1.44. The largest absolute Gasteiger partial charge is 0.339 e. The van der Waals surface area contributed by atoms with Crippen LogP contribution >= 0.6 is 0 Å². The van der Waals surface area contributed by atoms with Crippen LogP contribution in [0.15, 0.2) is 4.52 Å². The summed E-state index contributed by atoms with van der Waals surface area (Å²) in [4.78, 5) is 6.41. The van der Waals surface area contributed by atoms with Crippen LogP contribution in [0.1, 0.15) is 31.0 Å². The van der Waals surface area contributed by atoms with Gasteiger partial charge in [0.05, 0.1) is 6.54 Å². The van der Waals surface area contributed by atoms with Gasteiger partial charge < -0.3 is 15.2 Å². The smallest absolute Gasteiger partial charge is 0.227 e. The molecule has 1 aromatic rings. The Hall–Kier alpha value is -0.940. The minimum atomic E-state index is 0.238. The van der Waals surface area contributed by atoms with Crippen molar-refractivity contribution in [3.8, 4) is 0 Å². The van der Waals surface area contributed by atoms with Crippen LogP contribution in [-0.4, -0.2) is 35.7 Å². The molecule has 2 N–H and O–H groups in total. The van der Waals surface area contributed by atoms with E-state index in [-0.39, 0.29) is 5.41 Å². The Morgan fingerprint density at radius 2 is 2.19 bits per heavy atom. The zero-order chi connectivity index (χ0) is 11.6. The monoisotopic (exact) mass is 224 g/mol. The maximum absolute atomic E-state index is 5.81. The van der Waals surface area contributed by atoms with E-state index < -0.39 is 0 Å². The summed E-state index contributed by atoms with van der Waals surface area (Å²) in [5.41, 5.74) is 6.04. The number of hydrogen-bond donors (Lipinski definition) is 1. The highest BCUT2D eigenvalue weighted by Gasteiger charge is 2.37. The fraction of sp³-hybridized carbons (Fsp3) is 0.818. The second-order valence-electron chi connectivity index (χ2n) is 5.08. The lowest BCUT2D eigenvalue weighted by molar-refractivity contribution is 0.129. The summed E-state index contributed by atoms with van der Waals surface area (Å²) >= 11 is 0. The summed E-state index contributed by atoms with van der Waals surface area (Å²) < 4.78 is 5.26. The van der Waals surface area contributed by atoms with Crippen molar-refractivity contribution in [1.29, 1.82) is 0 Å². The van der Waals surface area contributed by atoms with E-state index in [1.807, 2.05) is 19.0 Å². The summed E-state index contributed by atoms with van der Waals surface area (Å²) in [7, 11) is 3.98.